The fourth-order valence-electron chi connectivity index (χ4n) is 5.15. The molecular weight excluding hydrogens is 456 g/mol. The molecule has 3 aromatic carbocycles. The number of methoxy groups -OCH3 is 1. The minimum atomic E-state index is -0.0752. The van der Waals surface area contributed by atoms with E-state index >= 15 is 0 Å². The van der Waals surface area contributed by atoms with Gasteiger partial charge < -0.3 is 14.2 Å². The molecule has 0 radical (unpaired) electrons. The predicted octanol–water partition coefficient (Wildman–Crippen LogP) is 6.97. The number of likely N-dealkylation sites (tertiary alicyclic amines) is 1. The predicted molar refractivity (Wildman–Crippen MR) is 142 cm³/mol. The molecule has 176 valence electrons. The van der Waals surface area contributed by atoms with E-state index in [0.29, 0.717) is 29.4 Å². The van der Waals surface area contributed by atoms with E-state index in [1.807, 2.05) is 66.4 Å². The van der Waals surface area contributed by atoms with Crippen molar-refractivity contribution in [3.8, 4) is 28.7 Å². The van der Waals surface area contributed by atoms with E-state index in [4.69, 9.17) is 16.3 Å². The SMILES string of the molecule is CC#CCn1c(C2CCCN2C(=O)c2cccc(OC)c2)c(-c2ccccc2)c2cc(Cl)ccc21. The van der Waals surface area contributed by atoms with Crippen LogP contribution in [0, 0.1) is 11.8 Å². The van der Waals surface area contributed by atoms with Crippen LogP contribution >= 0.6 is 11.6 Å². The normalized spacial score (nSPS) is 15.2. The van der Waals surface area contributed by atoms with E-state index in [1.165, 1.54) is 0 Å². The molecule has 0 spiro atoms. The van der Waals surface area contributed by atoms with E-state index < -0.39 is 0 Å². The fourth-order valence-corrected chi connectivity index (χ4v) is 5.32. The van der Waals surface area contributed by atoms with Crippen LogP contribution in [0.25, 0.3) is 22.0 Å². The third kappa shape index (κ3) is 4.29. The molecule has 1 unspecified atom stereocenters. The molecule has 5 heteroatoms. The van der Waals surface area contributed by atoms with Crippen LogP contribution in [0.1, 0.15) is 41.9 Å². The van der Waals surface area contributed by atoms with Gasteiger partial charge in [0.25, 0.3) is 5.91 Å². The van der Waals surface area contributed by atoms with Gasteiger partial charge >= 0.3 is 0 Å². The highest BCUT2D eigenvalue weighted by atomic mass is 35.5. The van der Waals surface area contributed by atoms with Crippen LogP contribution in [0.5, 0.6) is 5.75 Å². The molecule has 1 atom stereocenters. The summed E-state index contributed by atoms with van der Waals surface area (Å²) < 4.78 is 7.64. The van der Waals surface area contributed by atoms with Crippen molar-refractivity contribution in [3.63, 3.8) is 0 Å². The highest BCUT2D eigenvalue weighted by Gasteiger charge is 2.35. The zero-order valence-electron chi connectivity index (χ0n) is 19.9. The number of rotatable bonds is 5. The van der Waals surface area contributed by atoms with E-state index in [2.05, 4.69) is 34.6 Å². The van der Waals surface area contributed by atoms with Crippen LogP contribution in [0.4, 0.5) is 0 Å². The first-order valence-electron chi connectivity index (χ1n) is 11.8. The maximum atomic E-state index is 13.8. The maximum Gasteiger partial charge on any atom is 0.254 e. The molecule has 2 heterocycles. The first kappa shape index (κ1) is 23.1. The lowest BCUT2D eigenvalue weighted by atomic mass is 9.97. The number of fused-ring (bicyclic) bond motifs is 1. The fraction of sp³-hybridized carbons (Fsp3) is 0.233. The van der Waals surface area contributed by atoms with E-state index in [0.717, 1.165) is 40.6 Å². The van der Waals surface area contributed by atoms with E-state index in [1.54, 1.807) is 7.11 Å². The molecule has 1 amide bonds. The summed E-state index contributed by atoms with van der Waals surface area (Å²) in [6.07, 6.45) is 1.83. The quantitative estimate of drug-likeness (QED) is 0.288. The average Bonchev–Trinajstić information content (AvgIpc) is 3.49. The van der Waals surface area contributed by atoms with Crippen LogP contribution in [0.3, 0.4) is 0 Å². The molecule has 4 aromatic rings. The summed E-state index contributed by atoms with van der Waals surface area (Å²) in [7, 11) is 1.62. The Morgan fingerprint density at radius 3 is 2.69 bits per heavy atom. The summed E-state index contributed by atoms with van der Waals surface area (Å²) in [6.45, 7) is 3.11. The summed E-state index contributed by atoms with van der Waals surface area (Å²) in [5.74, 6) is 6.99. The van der Waals surface area contributed by atoms with E-state index in [9.17, 15) is 4.79 Å². The number of carbonyl (C=O) groups excluding carboxylic acids is 1. The van der Waals surface area contributed by atoms with Gasteiger partial charge in [0.1, 0.15) is 5.75 Å². The lowest BCUT2D eigenvalue weighted by Gasteiger charge is -2.27. The molecule has 5 rings (SSSR count). The Labute approximate surface area is 211 Å². The smallest absolute Gasteiger partial charge is 0.254 e. The number of benzene rings is 3. The summed E-state index contributed by atoms with van der Waals surface area (Å²) >= 11 is 6.48. The second-order valence-corrected chi connectivity index (χ2v) is 9.13. The summed E-state index contributed by atoms with van der Waals surface area (Å²) in [5, 5.41) is 1.77. The summed E-state index contributed by atoms with van der Waals surface area (Å²) in [5.41, 5.74) is 5.06. The number of amides is 1. The van der Waals surface area contributed by atoms with Crippen molar-refractivity contribution < 1.29 is 9.53 Å². The molecule has 1 aliphatic rings. The van der Waals surface area contributed by atoms with Gasteiger partial charge in [0.2, 0.25) is 0 Å². The zero-order valence-corrected chi connectivity index (χ0v) is 20.7. The van der Waals surface area contributed by atoms with Crippen molar-refractivity contribution in [2.75, 3.05) is 13.7 Å². The summed E-state index contributed by atoms with van der Waals surface area (Å²) in [6, 6.07) is 23.7. The van der Waals surface area contributed by atoms with Crippen molar-refractivity contribution in [2.45, 2.75) is 32.4 Å². The summed E-state index contributed by atoms with van der Waals surface area (Å²) in [4.78, 5) is 15.8. The van der Waals surface area contributed by atoms with Gasteiger partial charge in [-0.2, -0.15) is 0 Å². The molecule has 1 aromatic heterocycles. The van der Waals surface area contributed by atoms with E-state index in [-0.39, 0.29) is 11.9 Å². The van der Waals surface area contributed by atoms with Crippen LogP contribution in [0.2, 0.25) is 5.02 Å². The molecule has 0 saturated carbocycles. The van der Waals surface area contributed by atoms with Crippen LogP contribution in [-0.4, -0.2) is 29.0 Å². The maximum absolute atomic E-state index is 13.8. The Balaban J connectivity index is 1.72. The highest BCUT2D eigenvalue weighted by Crippen LogP contribution is 2.44. The van der Waals surface area contributed by atoms with Gasteiger partial charge in [0.05, 0.1) is 25.4 Å². The van der Waals surface area contributed by atoms with Crippen molar-refractivity contribution >= 4 is 28.4 Å². The Bertz CT molecular complexity index is 1450. The Hall–Kier alpha value is -3.68. The minimum Gasteiger partial charge on any atom is -0.497 e. The first-order chi connectivity index (χ1) is 17.1. The van der Waals surface area contributed by atoms with Gasteiger partial charge in [-0.05, 0) is 61.7 Å². The molecule has 4 nitrogen and oxygen atoms in total. The molecular formula is C30H27ClN2O2. The third-order valence-electron chi connectivity index (χ3n) is 6.69. The molecule has 0 N–H and O–H groups in total. The number of ether oxygens (including phenoxy) is 1. The Morgan fingerprint density at radius 1 is 1.09 bits per heavy atom. The van der Waals surface area contributed by atoms with Gasteiger partial charge in [-0.1, -0.05) is 53.9 Å². The number of hydrogen-bond donors (Lipinski definition) is 0. The third-order valence-corrected chi connectivity index (χ3v) is 6.92. The first-order valence-corrected chi connectivity index (χ1v) is 12.2. The highest BCUT2D eigenvalue weighted by molar-refractivity contribution is 6.31. The van der Waals surface area contributed by atoms with Gasteiger partial charge in [0, 0.05) is 33.6 Å². The van der Waals surface area contributed by atoms with Gasteiger partial charge in [-0.3, -0.25) is 4.79 Å². The largest absolute Gasteiger partial charge is 0.497 e. The van der Waals surface area contributed by atoms with Gasteiger partial charge in [0.15, 0.2) is 0 Å². The number of carbonyl (C=O) groups is 1. The van der Waals surface area contributed by atoms with Gasteiger partial charge in [-0.25, -0.2) is 0 Å². The number of hydrogen-bond acceptors (Lipinski definition) is 2. The number of halogens is 1. The topological polar surface area (TPSA) is 34.5 Å². The Kier molecular flexibility index (Phi) is 6.53. The zero-order chi connectivity index (χ0) is 24.4. The molecule has 0 bridgehead atoms. The second-order valence-electron chi connectivity index (χ2n) is 8.69. The number of nitrogens with zero attached hydrogens (tertiary/aromatic N) is 2. The van der Waals surface area contributed by atoms with Crippen LogP contribution in [-0.2, 0) is 6.54 Å². The lowest BCUT2D eigenvalue weighted by molar-refractivity contribution is 0.0731. The Morgan fingerprint density at radius 2 is 1.91 bits per heavy atom. The second kappa shape index (κ2) is 9.90. The minimum absolute atomic E-state index is 0.0156. The van der Waals surface area contributed by atoms with Crippen molar-refractivity contribution in [3.05, 3.63) is 89.1 Å². The average molecular weight is 483 g/mol. The molecule has 1 fully saturated rings. The van der Waals surface area contributed by atoms with Crippen molar-refractivity contribution in [1.82, 2.24) is 9.47 Å². The molecule has 1 aliphatic heterocycles. The standard InChI is InChI=1S/C30H27ClN2O2/c1-3-4-17-32-26-16-15-23(31)20-25(26)28(21-10-6-5-7-11-21)29(32)27-14-9-18-33(27)30(34)22-12-8-13-24(19-22)35-2/h5-8,10-13,15-16,19-20,27H,9,14,17-18H2,1-2H3. The monoisotopic (exact) mass is 482 g/mol. The molecule has 0 aliphatic carbocycles. The molecule has 35 heavy (non-hydrogen) atoms. The van der Waals surface area contributed by atoms with Crippen molar-refractivity contribution in [2.24, 2.45) is 0 Å². The van der Waals surface area contributed by atoms with Gasteiger partial charge in [-0.15, -0.1) is 5.92 Å². The van der Waals surface area contributed by atoms with Crippen molar-refractivity contribution in [1.29, 1.82) is 0 Å². The van der Waals surface area contributed by atoms with Crippen LogP contribution in [0.15, 0.2) is 72.8 Å². The van der Waals surface area contributed by atoms with Crippen LogP contribution < -0.4 is 4.74 Å². The lowest BCUT2D eigenvalue weighted by Crippen LogP contribution is -2.32. The number of aromatic nitrogens is 1. The molecule has 1 saturated heterocycles.